The summed E-state index contributed by atoms with van der Waals surface area (Å²) in [6, 6.07) is 7.44. The lowest BCUT2D eigenvalue weighted by Gasteiger charge is -2.22. The Hall–Kier alpha value is -1.44. The smallest absolute Gasteiger partial charge is 0.326 e. The number of aliphatic hydroxyl groups excluding tert-OH is 1. The monoisotopic (exact) mass is 388 g/mol. The fourth-order valence-electron chi connectivity index (χ4n) is 2.14. The van der Waals surface area contributed by atoms with Crippen molar-refractivity contribution in [2.75, 3.05) is 0 Å². The SMILES string of the molecule is Br.CC(C)CC(NC(=O)[C@@H](O)[C@H](N)Cc1ccccc1)C(=O)O. The van der Waals surface area contributed by atoms with Crippen molar-refractivity contribution in [2.24, 2.45) is 11.7 Å². The zero-order chi connectivity index (χ0) is 16.7. The van der Waals surface area contributed by atoms with Gasteiger partial charge in [-0.3, -0.25) is 4.79 Å². The molecule has 0 saturated heterocycles. The fraction of sp³-hybridized carbons (Fsp3) is 0.500. The number of aliphatic carboxylic acids is 1. The maximum Gasteiger partial charge on any atom is 0.326 e. The van der Waals surface area contributed by atoms with Crippen molar-refractivity contribution in [3.05, 3.63) is 35.9 Å². The van der Waals surface area contributed by atoms with E-state index in [1.54, 1.807) is 0 Å². The van der Waals surface area contributed by atoms with E-state index in [4.69, 9.17) is 10.8 Å². The van der Waals surface area contributed by atoms with Gasteiger partial charge in [0.1, 0.15) is 12.1 Å². The molecule has 23 heavy (non-hydrogen) atoms. The van der Waals surface area contributed by atoms with Gasteiger partial charge in [-0.15, -0.1) is 17.0 Å². The van der Waals surface area contributed by atoms with E-state index in [1.165, 1.54) is 0 Å². The van der Waals surface area contributed by atoms with Gasteiger partial charge < -0.3 is 21.3 Å². The molecule has 0 aliphatic heterocycles. The number of amides is 1. The number of carboxylic acid groups (broad SMARTS) is 1. The minimum atomic E-state index is -1.45. The summed E-state index contributed by atoms with van der Waals surface area (Å²) in [6.45, 7) is 3.72. The van der Waals surface area contributed by atoms with Crippen molar-refractivity contribution >= 4 is 28.9 Å². The summed E-state index contributed by atoms with van der Waals surface area (Å²) in [5, 5.41) is 21.4. The molecule has 1 aromatic rings. The summed E-state index contributed by atoms with van der Waals surface area (Å²) in [7, 11) is 0. The van der Waals surface area contributed by atoms with Crippen LogP contribution < -0.4 is 11.1 Å². The zero-order valence-corrected chi connectivity index (χ0v) is 15.0. The van der Waals surface area contributed by atoms with Crippen LogP contribution in [0.2, 0.25) is 0 Å². The molecule has 1 amide bonds. The van der Waals surface area contributed by atoms with Gasteiger partial charge in [0.2, 0.25) is 0 Å². The topological polar surface area (TPSA) is 113 Å². The lowest BCUT2D eigenvalue weighted by atomic mass is 10.00. The average molecular weight is 389 g/mol. The molecule has 3 atom stereocenters. The third-order valence-electron chi connectivity index (χ3n) is 3.31. The minimum absolute atomic E-state index is 0. The largest absolute Gasteiger partial charge is 0.480 e. The number of nitrogens with one attached hydrogen (secondary N) is 1. The van der Waals surface area contributed by atoms with Crippen molar-refractivity contribution in [3.8, 4) is 0 Å². The summed E-state index contributed by atoms with van der Waals surface area (Å²) in [6.07, 6.45) is -0.826. The van der Waals surface area contributed by atoms with Gasteiger partial charge in [-0.2, -0.15) is 0 Å². The third kappa shape index (κ3) is 7.58. The standard InChI is InChI=1S/C16H24N2O4.BrH/c1-10(2)8-13(16(21)22)18-15(20)14(19)12(17)9-11-6-4-3-5-7-11;/h3-7,10,12-14,19H,8-9,17H2,1-2H3,(H,18,20)(H,21,22);1H/t12-,13?,14+;/m1./s1. The zero-order valence-electron chi connectivity index (χ0n) is 13.3. The van der Waals surface area contributed by atoms with Crippen molar-refractivity contribution in [3.63, 3.8) is 0 Å². The highest BCUT2D eigenvalue weighted by Crippen LogP contribution is 2.08. The third-order valence-corrected chi connectivity index (χ3v) is 3.31. The second kappa shape index (κ2) is 10.4. The molecule has 1 aromatic carbocycles. The molecule has 0 aromatic heterocycles. The Bertz CT molecular complexity index is 496. The summed E-state index contributed by atoms with van der Waals surface area (Å²) >= 11 is 0. The first-order valence-electron chi connectivity index (χ1n) is 7.32. The van der Waals surface area contributed by atoms with Crippen LogP contribution in [-0.4, -0.2) is 40.3 Å². The predicted octanol–water partition coefficient (Wildman–Crippen LogP) is 1.11. The number of carboxylic acids is 1. The number of benzene rings is 1. The molecule has 0 aliphatic carbocycles. The van der Waals surface area contributed by atoms with E-state index < -0.39 is 30.1 Å². The van der Waals surface area contributed by atoms with E-state index in [1.807, 2.05) is 44.2 Å². The maximum absolute atomic E-state index is 12.0. The molecule has 0 radical (unpaired) electrons. The Morgan fingerprint density at radius 2 is 1.78 bits per heavy atom. The first kappa shape index (κ1) is 21.6. The Balaban J connectivity index is 0.00000484. The van der Waals surface area contributed by atoms with Crippen LogP contribution in [0.4, 0.5) is 0 Å². The van der Waals surface area contributed by atoms with Crippen LogP contribution in [0.15, 0.2) is 30.3 Å². The number of carbonyl (C=O) groups is 2. The van der Waals surface area contributed by atoms with Gasteiger partial charge in [-0.25, -0.2) is 4.79 Å². The maximum atomic E-state index is 12.0. The van der Waals surface area contributed by atoms with Crippen LogP contribution in [0.1, 0.15) is 25.8 Å². The van der Waals surface area contributed by atoms with Crippen LogP contribution in [0.5, 0.6) is 0 Å². The highest BCUT2D eigenvalue weighted by molar-refractivity contribution is 8.93. The van der Waals surface area contributed by atoms with Crippen LogP contribution in [-0.2, 0) is 16.0 Å². The first-order chi connectivity index (χ1) is 10.3. The van der Waals surface area contributed by atoms with Gasteiger partial charge in [0, 0.05) is 6.04 Å². The van der Waals surface area contributed by atoms with E-state index in [2.05, 4.69) is 5.32 Å². The van der Waals surface area contributed by atoms with Crippen LogP contribution in [0, 0.1) is 5.92 Å². The Labute approximate surface area is 146 Å². The van der Waals surface area contributed by atoms with Gasteiger partial charge in [0.05, 0.1) is 0 Å². The number of rotatable bonds is 8. The summed E-state index contributed by atoms with van der Waals surface area (Å²) < 4.78 is 0. The molecule has 5 N–H and O–H groups in total. The van der Waals surface area contributed by atoms with Crippen molar-refractivity contribution in [1.82, 2.24) is 5.32 Å². The second-order valence-electron chi connectivity index (χ2n) is 5.83. The molecular weight excluding hydrogens is 364 g/mol. The minimum Gasteiger partial charge on any atom is -0.480 e. The van der Waals surface area contributed by atoms with E-state index in [9.17, 15) is 14.7 Å². The molecule has 0 aliphatic rings. The van der Waals surface area contributed by atoms with E-state index in [0.29, 0.717) is 12.8 Å². The first-order valence-corrected chi connectivity index (χ1v) is 7.32. The summed E-state index contributed by atoms with van der Waals surface area (Å²) in [5.41, 5.74) is 6.75. The van der Waals surface area contributed by atoms with E-state index in [-0.39, 0.29) is 22.9 Å². The van der Waals surface area contributed by atoms with Crippen LogP contribution in [0.25, 0.3) is 0 Å². The molecule has 7 heteroatoms. The Morgan fingerprint density at radius 3 is 2.26 bits per heavy atom. The predicted molar refractivity (Wildman–Crippen MR) is 93.5 cm³/mol. The van der Waals surface area contributed by atoms with Crippen molar-refractivity contribution in [2.45, 2.75) is 44.9 Å². The van der Waals surface area contributed by atoms with Crippen molar-refractivity contribution < 1.29 is 19.8 Å². The summed E-state index contributed by atoms with van der Waals surface area (Å²) in [4.78, 5) is 23.1. The fourth-order valence-corrected chi connectivity index (χ4v) is 2.14. The highest BCUT2D eigenvalue weighted by atomic mass is 79.9. The molecule has 0 saturated carbocycles. The molecular formula is C16H25BrN2O4. The van der Waals surface area contributed by atoms with Crippen LogP contribution in [0.3, 0.4) is 0 Å². The van der Waals surface area contributed by atoms with Gasteiger partial charge >= 0.3 is 5.97 Å². The number of aliphatic hydroxyl groups is 1. The Kier molecular flexibility index (Phi) is 9.71. The molecule has 6 nitrogen and oxygen atoms in total. The van der Waals surface area contributed by atoms with Gasteiger partial charge in [-0.05, 0) is 24.3 Å². The number of nitrogens with two attached hydrogens (primary N) is 1. The molecule has 0 spiro atoms. The number of hydrogen-bond donors (Lipinski definition) is 4. The number of halogens is 1. The molecule has 0 fully saturated rings. The lowest BCUT2D eigenvalue weighted by Crippen LogP contribution is -2.52. The van der Waals surface area contributed by atoms with E-state index >= 15 is 0 Å². The average Bonchev–Trinajstić information content (AvgIpc) is 2.46. The van der Waals surface area contributed by atoms with Gasteiger partial charge in [0.25, 0.3) is 5.91 Å². The molecule has 0 heterocycles. The van der Waals surface area contributed by atoms with Gasteiger partial charge in [-0.1, -0.05) is 44.2 Å². The summed E-state index contributed by atoms with van der Waals surface area (Å²) in [5.74, 6) is -1.76. The molecule has 1 unspecified atom stereocenters. The lowest BCUT2D eigenvalue weighted by molar-refractivity contribution is -0.144. The molecule has 130 valence electrons. The highest BCUT2D eigenvalue weighted by Gasteiger charge is 2.28. The molecule has 1 rings (SSSR count). The Morgan fingerprint density at radius 1 is 1.22 bits per heavy atom. The van der Waals surface area contributed by atoms with E-state index in [0.717, 1.165) is 5.56 Å². The van der Waals surface area contributed by atoms with Crippen LogP contribution >= 0.6 is 17.0 Å². The van der Waals surface area contributed by atoms with Crippen molar-refractivity contribution in [1.29, 1.82) is 0 Å². The quantitative estimate of drug-likeness (QED) is 0.532. The second-order valence-corrected chi connectivity index (χ2v) is 5.83. The number of carbonyl (C=O) groups excluding carboxylic acids is 1. The molecule has 0 bridgehead atoms. The number of hydrogen-bond acceptors (Lipinski definition) is 4. The van der Waals surface area contributed by atoms with Gasteiger partial charge in [0.15, 0.2) is 0 Å². The normalized spacial score (nSPS) is 14.5.